The van der Waals surface area contributed by atoms with Gasteiger partial charge in [-0.05, 0) is 6.92 Å². The summed E-state index contributed by atoms with van der Waals surface area (Å²) in [5.41, 5.74) is 0. The lowest BCUT2D eigenvalue weighted by Gasteiger charge is -2.52. The first kappa shape index (κ1) is 52.5. The van der Waals surface area contributed by atoms with E-state index >= 15 is 0 Å². The van der Waals surface area contributed by atoms with Gasteiger partial charge in [0.05, 0.1) is 32.5 Å². The Labute approximate surface area is 364 Å². The van der Waals surface area contributed by atoms with Crippen molar-refractivity contribution in [3.05, 3.63) is 0 Å². The average molecular weight is 936 g/mol. The van der Waals surface area contributed by atoms with Crippen molar-refractivity contribution in [2.24, 2.45) is 0 Å². The second kappa shape index (κ2) is 22.6. The van der Waals surface area contributed by atoms with Crippen molar-refractivity contribution in [1.82, 2.24) is 16.0 Å². The predicted octanol–water partition coefficient (Wildman–Crippen LogP) is -10.5. The lowest BCUT2D eigenvalue weighted by Crippen LogP contribution is -2.71. The lowest BCUT2D eigenvalue weighted by molar-refractivity contribution is -0.398. The molecule has 0 aromatic heterocycles. The molecule has 16 N–H and O–H groups in total. The van der Waals surface area contributed by atoms with Crippen LogP contribution in [0.15, 0.2) is 0 Å². The fraction of sp³-hybridized carbons (Fsp3) is 0.917. The first-order chi connectivity index (χ1) is 30.2. The molecule has 3 amide bonds. The maximum Gasteiger partial charge on any atom is 0.217 e. The minimum atomic E-state index is -2.09. The van der Waals surface area contributed by atoms with Crippen LogP contribution >= 0.6 is 0 Å². The third-order valence-corrected chi connectivity index (χ3v) is 11.5. The predicted molar refractivity (Wildman–Crippen MR) is 200 cm³/mol. The highest BCUT2D eigenvalue weighted by atomic mass is 16.8. The van der Waals surface area contributed by atoms with Gasteiger partial charge in [-0.25, -0.2) is 0 Å². The summed E-state index contributed by atoms with van der Waals surface area (Å²) in [5, 5.41) is 147. The Kier molecular flexibility index (Phi) is 18.5. The normalized spacial score (nSPS) is 47.7. The molecule has 25 atom stereocenters. The van der Waals surface area contributed by atoms with Crippen LogP contribution in [-0.2, 0) is 57.0 Å². The highest BCUT2D eigenvalue weighted by Crippen LogP contribution is 2.37. The number of ether oxygens (including phenoxy) is 9. The van der Waals surface area contributed by atoms with Gasteiger partial charge in [0.2, 0.25) is 17.7 Å². The molecule has 5 aliphatic rings. The molecule has 0 saturated carbocycles. The summed E-state index contributed by atoms with van der Waals surface area (Å²) < 4.78 is 53.0. The van der Waals surface area contributed by atoms with Gasteiger partial charge in [-0.2, -0.15) is 0 Å². The van der Waals surface area contributed by atoms with Crippen LogP contribution in [0.5, 0.6) is 0 Å². The average Bonchev–Trinajstić information content (AvgIpc) is 3.24. The molecule has 0 aromatic carbocycles. The van der Waals surface area contributed by atoms with E-state index in [4.69, 9.17) is 42.6 Å². The second-order valence-corrected chi connectivity index (χ2v) is 16.1. The van der Waals surface area contributed by atoms with Crippen molar-refractivity contribution in [3.63, 3.8) is 0 Å². The zero-order valence-electron chi connectivity index (χ0n) is 35.0. The molecular weight excluding hydrogens is 874 g/mol. The van der Waals surface area contributed by atoms with Gasteiger partial charge in [-0.15, -0.1) is 0 Å². The van der Waals surface area contributed by atoms with Gasteiger partial charge < -0.3 is 125 Å². The highest BCUT2D eigenvalue weighted by Gasteiger charge is 2.58. The second-order valence-electron chi connectivity index (χ2n) is 16.1. The van der Waals surface area contributed by atoms with Crippen molar-refractivity contribution in [2.75, 3.05) is 26.4 Å². The van der Waals surface area contributed by atoms with E-state index in [2.05, 4.69) is 16.0 Å². The number of hydrogen-bond acceptors (Lipinski definition) is 25. The molecule has 0 bridgehead atoms. The first-order valence-electron chi connectivity index (χ1n) is 20.4. The SMILES string of the molecule is CC(=O)N[C@@H]1[C@@H](O[C@@H]2O[C@H](CO)[C@@H](O)[C@H](O[C@@H]3O[C@H](CO)[C@H](O)[C@H](O[C@H]4O[C@H](CO)[C@H](O)[C@H](O)[C@H]4NC(C)=O)[C@H]3O[C@@H]3O[C@@H](C)[C@@H](O)[C@@H](O)[C@@H]3O)[C@H]2NC(C)=O)[C@H](O)[C@@H](CO)O[C@H]1O. The van der Waals surface area contributed by atoms with E-state index in [0.29, 0.717) is 0 Å². The number of rotatable bonds is 15. The third kappa shape index (κ3) is 11.4. The molecule has 5 fully saturated rings. The topological polar surface area (TPSA) is 433 Å². The van der Waals surface area contributed by atoms with Crippen LogP contribution in [0, 0.1) is 0 Å². The number of carbonyl (C=O) groups is 3. The molecule has 0 unspecified atom stereocenters. The summed E-state index contributed by atoms with van der Waals surface area (Å²) in [6.07, 6.45) is -40.1. The Bertz CT molecular complexity index is 1540. The van der Waals surface area contributed by atoms with Crippen LogP contribution in [0.1, 0.15) is 27.7 Å². The fourth-order valence-electron chi connectivity index (χ4n) is 8.15. The molecule has 5 heterocycles. The molecule has 5 aliphatic heterocycles. The molecule has 0 radical (unpaired) electrons. The molecule has 0 aromatic rings. The van der Waals surface area contributed by atoms with Crippen molar-refractivity contribution < 1.29 is 123 Å². The summed E-state index contributed by atoms with van der Waals surface area (Å²) in [6.45, 7) is 0.697. The van der Waals surface area contributed by atoms with E-state index in [0.717, 1.165) is 20.8 Å². The van der Waals surface area contributed by atoms with E-state index in [9.17, 15) is 80.8 Å². The van der Waals surface area contributed by atoms with Crippen LogP contribution in [0.2, 0.25) is 0 Å². The van der Waals surface area contributed by atoms with Gasteiger partial charge in [0.15, 0.2) is 31.5 Å². The van der Waals surface area contributed by atoms with Gasteiger partial charge in [-0.3, -0.25) is 14.4 Å². The Morgan fingerprint density at radius 1 is 0.406 bits per heavy atom. The summed E-state index contributed by atoms with van der Waals surface area (Å²) in [5.74, 6) is -2.33. The lowest BCUT2D eigenvalue weighted by atomic mass is 9.93. The smallest absolute Gasteiger partial charge is 0.217 e. The maximum absolute atomic E-state index is 12.8. The zero-order chi connectivity index (χ0) is 47.5. The molecular formula is C36H61N3O25. The molecule has 0 spiro atoms. The van der Waals surface area contributed by atoms with Gasteiger partial charge >= 0.3 is 0 Å². The van der Waals surface area contributed by atoms with Gasteiger partial charge in [-0.1, -0.05) is 0 Å². The van der Waals surface area contributed by atoms with Crippen molar-refractivity contribution in [1.29, 1.82) is 0 Å². The van der Waals surface area contributed by atoms with Crippen LogP contribution in [-0.4, -0.2) is 264 Å². The zero-order valence-corrected chi connectivity index (χ0v) is 35.0. The van der Waals surface area contributed by atoms with Crippen LogP contribution in [0.25, 0.3) is 0 Å². The molecule has 64 heavy (non-hydrogen) atoms. The first-order valence-corrected chi connectivity index (χ1v) is 20.4. The number of amides is 3. The number of aliphatic hydroxyl groups is 13. The van der Waals surface area contributed by atoms with Gasteiger partial charge in [0.25, 0.3) is 0 Å². The van der Waals surface area contributed by atoms with E-state index in [-0.39, 0.29) is 0 Å². The minimum absolute atomic E-state index is 0.732. The molecule has 5 rings (SSSR count). The third-order valence-electron chi connectivity index (χ3n) is 11.5. The standard InChI is InChI=1S/C36H61N3O25/c1-9-20(47)26(53)27(54)35(56-9)64-31-30(63-33-17(37-10(2)44)25(52)21(48)13(5-40)58-33)24(51)16(8-43)60-36(31)62-29-19(39-12(4)46)34(59-15(7-42)23(29)50)61-28-18(38-11(3)45)32(55)57-14(6-41)22(28)49/h9,13-36,40-43,47-55H,5-8H2,1-4H3,(H,37,44)(H,38,45)(H,39,46)/t9-,13+,14+,15+,16+,17+,18+,19+,20+,21-,22+,23+,24-,25+,26+,27-,28+,29+,30-,31+,32+,33+,34-,35-,36-/m0/s1. The Balaban J connectivity index is 1.58. The number of aliphatic hydroxyl groups excluding tert-OH is 13. The van der Waals surface area contributed by atoms with Crippen LogP contribution < -0.4 is 16.0 Å². The number of nitrogens with one attached hydrogen (secondary N) is 3. The monoisotopic (exact) mass is 935 g/mol. The Morgan fingerprint density at radius 3 is 1.33 bits per heavy atom. The Hall–Kier alpha value is -2.47. The molecule has 5 saturated heterocycles. The minimum Gasteiger partial charge on any atom is -0.394 e. The molecule has 28 heteroatoms. The van der Waals surface area contributed by atoms with Crippen molar-refractivity contribution >= 4 is 17.7 Å². The van der Waals surface area contributed by atoms with E-state index in [1.54, 1.807) is 0 Å². The van der Waals surface area contributed by atoms with Crippen molar-refractivity contribution in [3.8, 4) is 0 Å². The highest BCUT2D eigenvalue weighted by molar-refractivity contribution is 5.74. The van der Waals surface area contributed by atoms with Crippen molar-refractivity contribution in [2.45, 2.75) is 181 Å². The van der Waals surface area contributed by atoms with E-state index in [1.807, 2.05) is 0 Å². The Morgan fingerprint density at radius 2 is 0.797 bits per heavy atom. The summed E-state index contributed by atoms with van der Waals surface area (Å²) in [4.78, 5) is 37.2. The van der Waals surface area contributed by atoms with Gasteiger partial charge in [0.1, 0.15) is 116 Å². The molecule has 28 nitrogen and oxygen atoms in total. The summed E-state index contributed by atoms with van der Waals surface area (Å²) in [7, 11) is 0. The number of carbonyl (C=O) groups excluding carboxylic acids is 3. The van der Waals surface area contributed by atoms with Crippen LogP contribution in [0.3, 0.4) is 0 Å². The summed E-state index contributed by atoms with van der Waals surface area (Å²) in [6, 6.07) is -4.94. The van der Waals surface area contributed by atoms with Gasteiger partial charge in [0, 0.05) is 20.8 Å². The summed E-state index contributed by atoms with van der Waals surface area (Å²) >= 11 is 0. The maximum atomic E-state index is 12.8. The quantitative estimate of drug-likeness (QED) is 0.0725. The van der Waals surface area contributed by atoms with E-state index in [1.165, 1.54) is 6.92 Å². The van der Waals surface area contributed by atoms with E-state index < -0.39 is 197 Å². The fourth-order valence-corrected chi connectivity index (χ4v) is 8.15. The largest absolute Gasteiger partial charge is 0.394 e. The molecule has 370 valence electrons. The number of hydrogen-bond donors (Lipinski definition) is 16. The van der Waals surface area contributed by atoms with Crippen LogP contribution in [0.4, 0.5) is 0 Å². The molecule has 0 aliphatic carbocycles.